The molecule has 2 N–H and O–H groups in total. The summed E-state index contributed by atoms with van der Waals surface area (Å²) >= 11 is 0. The van der Waals surface area contributed by atoms with E-state index in [-0.39, 0.29) is 29.1 Å². The molecule has 30 heavy (non-hydrogen) atoms. The first-order valence-electron chi connectivity index (χ1n) is 11.0. The van der Waals surface area contributed by atoms with Crippen LogP contribution in [0.15, 0.2) is 30.3 Å². The number of benzene rings is 1. The maximum Gasteiger partial charge on any atom is 0.424 e. The second kappa shape index (κ2) is 11.1. The Balaban J connectivity index is 2.07. The second-order valence-electron chi connectivity index (χ2n) is 8.29. The number of alkyl carbamates (subject to hydrolysis) is 1. The maximum absolute atomic E-state index is 13.5. The summed E-state index contributed by atoms with van der Waals surface area (Å²) in [7, 11) is 0. The highest BCUT2D eigenvalue weighted by Crippen LogP contribution is 2.29. The number of quaternary nitrogens is 1. The molecule has 1 saturated heterocycles. The Morgan fingerprint density at radius 1 is 1.17 bits per heavy atom. The Morgan fingerprint density at radius 3 is 2.43 bits per heavy atom. The molecular formula is C23H36N3O4+. The third-order valence-corrected chi connectivity index (χ3v) is 6.15. The van der Waals surface area contributed by atoms with Gasteiger partial charge in [0.25, 0.3) is 0 Å². The van der Waals surface area contributed by atoms with Gasteiger partial charge in [-0.05, 0) is 24.8 Å². The van der Waals surface area contributed by atoms with Crippen LogP contribution >= 0.6 is 0 Å². The zero-order valence-electron chi connectivity index (χ0n) is 18.6. The summed E-state index contributed by atoms with van der Waals surface area (Å²) < 4.78 is 5.02. The van der Waals surface area contributed by atoms with Gasteiger partial charge in [0.05, 0.1) is 6.54 Å². The normalized spacial score (nSPS) is 22.7. The molecule has 1 fully saturated rings. The molecule has 7 nitrogen and oxygen atoms in total. The van der Waals surface area contributed by atoms with Crippen LogP contribution in [0.5, 0.6) is 0 Å². The van der Waals surface area contributed by atoms with Gasteiger partial charge in [-0.2, -0.15) is 4.48 Å². The summed E-state index contributed by atoms with van der Waals surface area (Å²) in [6.07, 6.45) is 2.31. The van der Waals surface area contributed by atoms with Crippen molar-refractivity contribution in [3.05, 3.63) is 35.9 Å². The Morgan fingerprint density at radius 2 is 1.87 bits per heavy atom. The number of nitrogens with one attached hydrogen (secondary N) is 2. The topological polar surface area (TPSA) is 84.5 Å². The SMILES string of the molecule is CCC(C)CNC(=O)[N+]1(C(=O)[C@H](CC)NC(=O)OCc2ccccc2)CCC[C@@H]1C. The molecule has 4 atom stereocenters. The van der Waals surface area contributed by atoms with Gasteiger partial charge >= 0.3 is 18.0 Å². The van der Waals surface area contributed by atoms with Crippen molar-refractivity contribution in [1.82, 2.24) is 10.6 Å². The molecule has 1 aromatic carbocycles. The number of imide groups is 1. The number of urea groups is 1. The summed E-state index contributed by atoms with van der Waals surface area (Å²) in [4.78, 5) is 39.0. The van der Waals surface area contributed by atoms with E-state index in [0.717, 1.165) is 24.8 Å². The largest absolute Gasteiger partial charge is 0.445 e. The van der Waals surface area contributed by atoms with E-state index in [1.54, 1.807) is 0 Å². The number of hydrogen-bond acceptors (Lipinski definition) is 4. The minimum Gasteiger partial charge on any atom is -0.445 e. The van der Waals surface area contributed by atoms with Crippen LogP contribution in [0.4, 0.5) is 9.59 Å². The van der Waals surface area contributed by atoms with Crippen molar-refractivity contribution in [3.63, 3.8) is 0 Å². The molecule has 7 heteroatoms. The Hall–Kier alpha value is -2.41. The van der Waals surface area contributed by atoms with E-state index in [1.807, 2.05) is 44.2 Å². The van der Waals surface area contributed by atoms with Crippen LogP contribution in [0, 0.1) is 5.92 Å². The van der Waals surface area contributed by atoms with Gasteiger partial charge in [-0.1, -0.05) is 57.5 Å². The fraction of sp³-hybridized carbons (Fsp3) is 0.609. The quantitative estimate of drug-likeness (QED) is 0.626. The van der Waals surface area contributed by atoms with Gasteiger partial charge in [-0.25, -0.2) is 14.4 Å². The maximum atomic E-state index is 13.5. The zero-order chi connectivity index (χ0) is 22.1. The first-order valence-corrected chi connectivity index (χ1v) is 11.0. The Bertz CT molecular complexity index is 724. The highest BCUT2D eigenvalue weighted by molar-refractivity contribution is 5.89. The van der Waals surface area contributed by atoms with Crippen molar-refractivity contribution in [2.45, 2.75) is 72.1 Å². The molecule has 0 spiro atoms. The highest BCUT2D eigenvalue weighted by atomic mass is 16.5. The number of hydrogen-bond donors (Lipinski definition) is 2. The van der Waals surface area contributed by atoms with E-state index in [4.69, 9.17) is 4.74 Å². The van der Waals surface area contributed by atoms with Crippen LogP contribution in [-0.4, -0.2) is 47.7 Å². The number of rotatable bonds is 8. The smallest absolute Gasteiger partial charge is 0.424 e. The summed E-state index contributed by atoms with van der Waals surface area (Å²) in [5.41, 5.74) is 0.869. The predicted octanol–water partition coefficient (Wildman–Crippen LogP) is 3.97. The van der Waals surface area contributed by atoms with Gasteiger partial charge < -0.3 is 15.4 Å². The van der Waals surface area contributed by atoms with Crippen LogP contribution in [0.25, 0.3) is 0 Å². The zero-order valence-corrected chi connectivity index (χ0v) is 18.6. The molecule has 0 aliphatic carbocycles. The van der Waals surface area contributed by atoms with E-state index in [9.17, 15) is 14.4 Å². The van der Waals surface area contributed by atoms with Gasteiger partial charge in [-0.15, -0.1) is 0 Å². The first-order chi connectivity index (χ1) is 14.3. The molecule has 1 heterocycles. The molecule has 0 bridgehead atoms. The number of amides is 4. The van der Waals surface area contributed by atoms with E-state index < -0.39 is 12.1 Å². The Kier molecular flexibility index (Phi) is 8.84. The van der Waals surface area contributed by atoms with Crippen molar-refractivity contribution >= 4 is 18.0 Å². The molecule has 2 unspecified atom stereocenters. The monoisotopic (exact) mass is 418 g/mol. The van der Waals surface area contributed by atoms with Gasteiger partial charge in [0.1, 0.15) is 18.7 Å². The summed E-state index contributed by atoms with van der Waals surface area (Å²) in [6.45, 7) is 9.04. The molecule has 1 aliphatic heterocycles. The lowest BCUT2D eigenvalue weighted by molar-refractivity contribution is -0.785. The fourth-order valence-electron chi connectivity index (χ4n) is 3.88. The molecule has 1 aromatic rings. The van der Waals surface area contributed by atoms with Gasteiger partial charge in [0.2, 0.25) is 0 Å². The van der Waals surface area contributed by atoms with Crippen molar-refractivity contribution < 1.29 is 23.6 Å². The number of carbonyl (C=O) groups excluding carboxylic acids is 3. The number of likely N-dealkylation sites (tertiary alicyclic amines) is 1. The molecule has 0 radical (unpaired) electrons. The molecule has 1 aliphatic rings. The molecular weight excluding hydrogens is 382 g/mol. The fourth-order valence-corrected chi connectivity index (χ4v) is 3.88. The lowest BCUT2D eigenvalue weighted by atomic mass is 10.1. The van der Waals surface area contributed by atoms with Gasteiger partial charge in [0, 0.05) is 19.4 Å². The van der Waals surface area contributed by atoms with E-state index >= 15 is 0 Å². The van der Waals surface area contributed by atoms with Gasteiger partial charge in [0.15, 0.2) is 0 Å². The molecule has 0 saturated carbocycles. The van der Waals surface area contributed by atoms with Crippen LogP contribution in [0.1, 0.15) is 58.9 Å². The minimum atomic E-state index is -0.775. The summed E-state index contributed by atoms with van der Waals surface area (Å²) in [5, 5.41) is 5.66. The number of carbonyl (C=O) groups is 3. The lowest BCUT2D eigenvalue weighted by Crippen LogP contribution is -2.67. The molecule has 0 aromatic heterocycles. The van der Waals surface area contributed by atoms with Crippen LogP contribution in [-0.2, 0) is 16.1 Å². The van der Waals surface area contributed by atoms with Crippen molar-refractivity contribution in [1.29, 1.82) is 0 Å². The number of ether oxygens (including phenoxy) is 1. The van der Waals surface area contributed by atoms with E-state index in [0.29, 0.717) is 25.4 Å². The lowest BCUT2D eigenvalue weighted by Gasteiger charge is -2.35. The average Bonchev–Trinajstić information content (AvgIpc) is 3.16. The predicted molar refractivity (Wildman–Crippen MR) is 116 cm³/mol. The van der Waals surface area contributed by atoms with Crippen LogP contribution < -0.4 is 10.6 Å². The molecule has 166 valence electrons. The summed E-state index contributed by atoms with van der Waals surface area (Å²) in [6, 6.07) is 8.21. The van der Waals surface area contributed by atoms with Crippen molar-refractivity contribution in [2.24, 2.45) is 5.92 Å². The van der Waals surface area contributed by atoms with Crippen molar-refractivity contribution in [2.75, 3.05) is 13.1 Å². The standard InChI is InChI=1S/C23H35N3O4/c1-5-17(3)15-24-22(28)26(14-10-11-18(26)4)21(27)20(6-2)25-23(29)30-16-19-12-8-7-9-13-19/h7-9,12-13,17-18,20H,5-6,10-11,14-16H2,1-4H3,(H-,24,25,28,29)/p+1/t17?,18-,20-,26?/m0/s1. The first kappa shape index (κ1) is 23.9. The summed E-state index contributed by atoms with van der Waals surface area (Å²) in [5.74, 6) is 0.0795. The van der Waals surface area contributed by atoms with Crippen LogP contribution in [0.2, 0.25) is 0 Å². The third-order valence-electron chi connectivity index (χ3n) is 6.15. The van der Waals surface area contributed by atoms with Crippen LogP contribution in [0.3, 0.4) is 0 Å². The number of nitrogens with zero attached hydrogens (tertiary/aromatic N) is 1. The molecule has 2 rings (SSSR count). The van der Waals surface area contributed by atoms with Gasteiger partial charge in [-0.3, -0.25) is 0 Å². The Labute approximate surface area is 179 Å². The highest BCUT2D eigenvalue weighted by Gasteiger charge is 2.54. The average molecular weight is 419 g/mol. The minimum absolute atomic E-state index is 0.120. The van der Waals surface area contributed by atoms with E-state index in [1.165, 1.54) is 0 Å². The van der Waals surface area contributed by atoms with E-state index in [2.05, 4.69) is 24.5 Å². The van der Waals surface area contributed by atoms with Crippen molar-refractivity contribution in [3.8, 4) is 0 Å². The molecule has 4 amide bonds. The third kappa shape index (κ3) is 5.59. The second-order valence-corrected chi connectivity index (χ2v) is 8.29.